The van der Waals surface area contributed by atoms with Crippen LogP contribution in [0.1, 0.15) is 46.6 Å². The van der Waals surface area contributed by atoms with Gasteiger partial charge in [-0.25, -0.2) is 0 Å². The summed E-state index contributed by atoms with van der Waals surface area (Å²) >= 11 is 0. The summed E-state index contributed by atoms with van der Waals surface area (Å²) in [5.74, 6) is 0.0156. The monoisotopic (exact) mass is 373 g/mol. The van der Waals surface area contributed by atoms with Crippen LogP contribution in [0.5, 0.6) is 5.75 Å². The van der Waals surface area contributed by atoms with E-state index in [0.717, 1.165) is 22.6 Å². The van der Waals surface area contributed by atoms with Gasteiger partial charge in [-0.2, -0.15) is 5.10 Å². The average Bonchev–Trinajstić information content (AvgIpc) is 3.03. The molecule has 1 aromatic carbocycles. The van der Waals surface area contributed by atoms with Crippen LogP contribution >= 0.6 is 0 Å². The minimum Gasteiger partial charge on any atom is -0.497 e. The highest BCUT2D eigenvalue weighted by atomic mass is 16.5. The van der Waals surface area contributed by atoms with Gasteiger partial charge >= 0.3 is 5.97 Å². The lowest BCUT2D eigenvalue weighted by molar-refractivity contribution is -0.147. The van der Waals surface area contributed by atoms with Crippen LogP contribution in [0.2, 0.25) is 0 Å². The second kappa shape index (κ2) is 8.13. The van der Waals surface area contributed by atoms with Gasteiger partial charge in [-0.15, -0.1) is 0 Å². The van der Waals surface area contributed by atoms with Crippen LogP contribution in [-0.4, -0.2) is 34.5 Å². The first-order valence-electron chi connectivity index (χ1n) is 9.22. The van der Waals surface area contributed by atoms with Crippen LogP contribution in [0.3, 0.4) is 0 Å². The number of benzene rings is 1. The molecule has 0 aliphatic heterocycles. The fourth-order valence-corrected chi connectivity index (χ4v) is 2.63. The van der Waals surface area contributed by atoms with Crippen LogP contribution in [0.4, 0.5) is 0 Å². The molecule has 0 radical (unpaired) electrons. The van der Waals surface area contributed by atoms with Crippen LogP contribution in [0, 0.1) is 5.41 Å². The zero-order valence-corrected chi connectivity index (χ0v) is 17.2. The van der Waals surface area contributed by atoms with E-state index in [2.05, 4.69) is 32.3 Å². The highest BCUT2D eigenvalue weighted by Crippen LogP contribution is 2.28. The molecule has 148 valence electrons. The van der Waals surface area contributed by atoms with E-state index in [4.69, 9.17) is 9.84 Å². The lowest BCUT2D eigenvalue weighted by Crippen LogP contribution is -2.28. The molecule has 0 bridgehead atoms. The zero-order valence-electron chi connectivity index (χ0n) is 17.2. The quantitative estimate of drug-likeness (QED) is 0.686. The van der Waals surface area contributed by atoms with Crippen molar-refractivity contribution in [3.63, 3.8) is 0 Å². The molecule has 0 unspecified atom stereocenters. The van der Waals surface area contributed by atoms with Crippen molar-refractivity contribution in [1.29, 1.82) is 0 Å². The van der Waals surface area contributed by atoms with Gasteiger partial charge < -0.3 is 15.2 Å². The molecule has 1 heterocycles. The number of nitrogens with one attached hydrogen (secondary N) is 1. The second-order valence-electron chi connectivity index (χ2n) is 8.47. The Labute approximate surface area is 161 Å². The number of ether oxygens (including phenoxy) is 1. The van der Waals surface area contributed by atoms with Crippen molar-refractivity contribution >= 4 is 5.97 Å². The number of carbonyl (C=O) groups is 1. The van der Waals surface area contributed by atoms with E-state index in [1.54, 1.807) is 21.0 Å². The lowest BCUT2D eigenvalue weighted by atomic mass is 9.90. The topological polar surface area (TPSA) is 76.4 Å². The fourth-order valence-electron chi connectivity index (χ4n) is 2.63. The summed E-state index contributed by atoms with van der Waals surface area (Å²) in [7, 11) is 1.65. The standard InChI is InChI=1S/C21H31N3O3/c1-20(2,3)24-14-16(13-22-11-10-21(4,5)19(25)26)18(23-24)15-8-7-9-17(12-15)27-6/h7-9,12,14,22H,10-11,13H2,1-6H3,(H,25,26). The van der Waals surface area contributed by atoms with E-state index >= 15 is 0 Å². The van der Waals surface area contributed by atoms with Gasteiger partial charge in [0.2, 0.25) is 0 Å². The predicted molar refractivity (Wildman–Crippen MR) is 107 cm³/mol. The lowest BCUT2D eigenvalue weighted by Gasteiger charge is -2.19. The van der Waals surface area contributed by atoms with Gasteiger partial charge in [0.25, 0.3) is 0 Å². The fraction of sp³-hybridized carbons (Fsp3) is 0.524. The van der Waals surface area contributed by atoms with E-state index < -0.39 is 11.4 Å². The summed E-state index contributed by atoms with van der Waals surface area (Å²) in [6.45, 7) is 11.1. The summed E-state index contributed by atoms with van der Waals surface area (Å²) in [5.41, 5.74) is 2.12. The van der Waals surface area contributed by atoms with Crippen molar-refractivity contribution in [3.8, 4) is 17.0 Å². The average molecular weight is 373 g/mol. The van der Waals surface area contributed by atoms with E-state index in [1.165, 1.54) is 0 Å². The molecule has 0 spiro atoms. The molecule has 0 saturated heterocycles. The third-order valence-electron chi connectivity index (χ3n) is 4.64. The van der Waals surface area contributed by atoms with E-state index in [9.17, 15) is 9.90 Å². The first kappa shape index (κ1) is 21.0. The van der Waals surface area contributed by atoms with Gasteiger partial charge in [-0.1, -0.05) is 12.1 Å². The van der Waals surface area contributed by atoms with Gasteiger partial charge in [0.15, 0.2) is 0 Å². The van der Waals surface area contributed by atoms with Gasteiger partial charge in [0.05, 0.1) is 23.8 Å². The Hall–Kier alpha value is -2.34. The number of carboxylic acids is 1. The number of aliphatic carboxylic acids is 1. The molecule has 2 rings (SSSR count). The molecular weight excluding hydrogens is 342 g/mol. The van der Waals surface area contributed by atoms with Gasteiger partial charge in [0.1, 0.15) is 5.75 Å². The molecule has 6 nitrogen and oxygen atoms in total. The normalized spacial score (nSPS) is 12.2. The third kappa shape index (κ3) is 5.32. The number of methoxy groups -OCH3 is 1. The molecule has 27 heavy (non-hydrogen) atoms. The molecule has 2 N–H and O–H groups in total. The van der Waals surface area contributed by atoms with Gasteiger partial charge in [-0.3, -0.25) is 9.48 Å². The summed E-state index contributed by atoms with van der Waals surface area (Å²) in [5, 5.41) is 17.4. The SMILES string of the molecule is COc1cccc(-c2nn(C(C)(C)C)cc2CNCCC(C)(C)C(=O)O)c1. The predicted octanol–water partition coefficient (Wildman–Crippen LogP) is 3.90. The minimum absolute atomic E-state index is 0.128. The second-order valence-corrected chi connectivity index (χ2v) is 8.47. The maximum atomic E-state index is 11.2. The Kier molecular flexibility index (Phi) is 6.31. The van der Waals surface area contributed by atoms with Gasteiger partial charge in [-0.05, 0) is 59.7 Å². The molecule has 0 amide bonds. The van der Waals surface area contributed by atoms with Crippen molar-refractivity contribution < 1.29 is 14.6 Å². The molecule has 0 saturated carbocycles. The molecule has 2 aromatic rings. The number of hydrogen-bond donors (Lipinski definition) is 2. The van der Waals surface area contributed by atoms with Crippen LogP contribution < -0.4 is 10.1 Å². The zero-order chi connectivity index (χ0) is 20.2. The van der Waals surface area contributed by atoms with Gasteiger partial charge in [0, 0.05) is 23.9 Å². The summed E-state index contributed by atoms with van der Waals surface area (Å²) in [4.78, 5) is 11.2. The molecule has 0 fully saturated rings. The molecule has 0 atom stereocenters. The Morgan fingerprint density at radius 2 is 1.96 bits per heavy atom. The summed E-state index contributed by atoms with van der Waals surface area (Å²) in [6, 6.07) is 7.87. The Morgan fingerprint density at radius 1 is 1.26 bits per heavy atom. The van der Waals surface area contributed by atoms with E-state index in [1.807, 2.05) is 28.9 Å². The molecular formula is C21H31N3O3. The number of aromatic nitrogens is 2. The number of rotatable bonds is 8. The highest BCUT2D eigenvalue weighted by Gasteiger charge is 2.26. The largest absolute Gasteiger partial charge is 0.497 e. The first-order valence-corrected chi connectivity index (χ1v) is 9.22. The number of carboxylic acid groups (broad SMARTS) is 1. The number of nitrogens with zero attached hydrogens (tertiary/aromatic N) is 2. The number of hydrogen-bond acceptors (Lipinski definition) is 4. The third-order valence-corrected chi connectivity index (χ3v) is 4.64. The van der Waals surface area contributed by atoms with E-state index in [-0.39, 0.29) is 5.54 Å². The summed E-state index contributed by atoms with van der Waals surface area (Å²) in [6.07, 6.45) is 2.62. The van der Waals surface area contributed by atoms with Crippen molar-refractivity contribution in [2.24, 2.45) is 5.41 Å². The van der Waals surface area contributed by atoms with Crippen LogP contribution in [-0.2, 0) is 16.9 Å². The Balaban J connectivity index is 2.21. The minimum atomic E-state index is -0.776. The maximum Gasteiger partial charge on any atom is 0.309 e. The highest BCUT2D eigenvalue weighted by molar-refractivity contribution is 5.73. The molecule has 0 aliphatic carbocycles. The molecule has 1 aromatic heterocycles. The molecule has 0 aliphatic rings. The van der Waals surface area contributed by atoms with Crippen LogP contribution in [0.15, 0.2) is 30.5 Å². The van der Waals surface area contributed by atoms with Crippen molar-refractivity contribution in [2.45, 2.75) is 53.1 Å². The van der Waals surface area contributed by atoms with Crippen molar-refractivity contribution in [3.05, 3.63) is 36.0 Å². The van der Waals surface area contributed by atoms with Crippen LogP contribution in [0.25, 0.3) is 11.3 Å². The first-order chi connectivity index (χ1) is 12.5. The summed E-state index contributed by atoms with van der Waals surface area (Å²) < 4.78 is 7.32. The Morgan fingerprint density at radius 3 is 2.56 bits per heavy atom. The molecule has 6 heteroatoms. The maximum absolute atomic E-state index is 11.2. The van der Waals surface area contributed by atoms with Crippen molar-refractivity contribution in [1.82, 2.24) is 15.1 Å². The van der Waals surface area contributed by atoms with Crippen molar-refractivity contribution in [2.75, 3.05) is 13.7 Å². The Bertz CT molecular complexity index is 788. The smallest absolute Gasteiger partial charge is 0.309 e. The van der Waals surface area contributed by atoms with E-state index in [0.29, 0.717) is 19.5 Å².